The lowest BCUT2D eigenvalue weighted by Gasteiger charge is -2.30. The molecule has 2 nitrogen and oxygen atoms in total. The second-order valence-corrected chi connectivity index (χ2v) is 6.21. The zero-order chi connectivity index (χ0) is 13.7. The van der Waals surface area contributed by atoms with E-state index in [2.05, 4.69) is 19.2 Å². The Morgan fingerprint density at radius 1 is 1.16 bits per heavy atom. The molecule has 0 heterocycles. The molecule has 106 valence electrons. The highest BCUT2D eigenvalue weighted by molar-refractivity contribution is 5.25. The van der Waals surface area contributed by atoms with Gasteiger partial charge in [-0.15, -0.1) is 0 Å². The third kappa shape index (κ3) is 4.87. The van der Waals surface area contributed by atoms with Crippen LogP contribution in [0.15, 0.2) is 24.3 Å². The van der Waals surface area contributed by atoms with E-state index in [4.69, 9.17) is 0 Å². The molecule has 2 unspecified atom stereocenters. The average Bonchev–Trinajstić information content (AvgIpc) is 2.33. The van der Waals surface area contributed by atoms with Crippen LogP contribution in [0.25, 0.3) is 0 Å². The van der Waals surface area contributed by atoms with Crippen LogP contribution in [0.5, 0.6) is 5.75 Å². The van der Waals surface area contributed by atoms with Crippen molar-refractivity contribution in [3.05, 3.63) is 29.8 Å². The van der Waals surface area contributed by atoms with E-state index in [-0.39, 0.29) is 0 Å². The first-order valence-corrected chi connectivity index (χ1v) is 7.67. The van der Waals surface area contributed by atoms with Gasteiger partial charge < -0.3 is 10.4 Å². The summed E-state index contributed by atoms with van der Waals surface area (Å²) in [5.41, 5.74) is 1.30. The standard InChI is InChI=1S/C17H27NO/c1-13(18-14(2)12-16-4-3-5-16)6-7-15-8-10-17(19)11-9-15/h8-11,13-14,16,18-19H,3-7,12H2,1-2H3. The number of aromatic hydroxyl groups is 1. The highest BCUT2D eigenvalue weighted by Crippen LogP contribution is 2.30. The Morgan fingerprint density at radius 2 is 1.84 bits per heavy atom. The fourth-order valence-electron chi connectivity index (χ4n) is 2.91. The molecule has 1 aromatic carbocycles. The molecule has 0 amide bonds. The smallest absolute Gasteiger partial charge is 0.115 e. The Morgan fingerprint density at radius 3 is 2.42 bits per heavy atom. The predicted molar refractivity (Wildman–Crippen MR) is 80.4 cm³/mol. The number of nitrogens with one attached hydrogen (secondary N) is 1. The molecular weight excluding hydrogens is 234 g/mol. The molecule has 1 saturated carbocycles. The maximum absolute atomic E-state index is 9.25. The van der Waals surface area contributed by atoms with Crippen LogP contribution in [0, 0.1) is 5.92 Å². The molecule has 0 saturated heterocycles. The van der Waals surface area contributed by atoms with Gasteiger partial charge >= 0.3 is 0 Å². The molecular formula is C17H27NO. The van der Waals surface area contributed by atoms with Crippen molar-refractivity contribution < 1.29 is 5.11 Å². The Labute approximate surface area is 117 Å². The molecule has 2 N–H and O–H groups in total. The Kier molecular flexibility index (Phi) is 5.26. The predicted octanol–water partition coefficient (Wildman–Crippen LogP) is 3.88. The van der Waals surface area contributed by atoms with Crippen molar-refractivity contribution >= 4 is 0 Å². The van der Waals surface area contributed by atoms with E-state index >= 15 is 0 Å². The first-order valence-electron chi connectivity index (χ1n) is 7.67. The van der Waals surface area contributed by atoms with E-state index in [9.17, 15) is 5.11 Å². The van der Waals surface area contributed by atoms with Gasteiger partial charge in [0.2, 0.25) is 0 Å². The SMILES string of the molecule is CC(CCc1ccc(O)cc1)NC(C)CC1CCC1. The number of aryl methyl sites for hydroxylation is 1. The first-order chi connectivity index (χ1) is 9.13. The molecule has 0 radical (unpaired) electrons. The summed E-state index contributed by atoms with van der Waals surface area (Å²) in [6, 6.07) is 8.77. The van der Waals surface area contributed by atoms with Gasteiger partial charge in [0, 0.05) is 12.1 Å². The van der Waals surface area contributed by atoms with Gasteiger partial charge in [-0.25, -0.2) is 0 Å². The lowest BCUT2D eigenvalue weighted by molar-refractivity contribution is 0.257. The van der Waals surface area contributed by atoms with E-state index in [0.29, 0.717) is 17.8 Å². The topological polar surface area (TPSA) is 32.3 Å². The fourth-order valence-corrected chi connectivity index (χ4v) is 2.91. The van der Waals surface area contributed by atoms with E-state index in [1.165, 1.54) is 31.2 Å². The second-order valence-electron chi connectivity index (χ2n) is 6.21. The van der Waals surface area contributed by atoms with Gasteiger partial charge in [-0.05, 0) is 56.7 Å². The molecule has 2 rings (SSSR count). The summed E-state index contributed by atoms with van der Waals surface area (Å²) in [4.78, 5) is 0. The number of hydrogen-bond acceptors (Lipinski definition) is 2. The van der Waals surface area contributed by atoms with Crippen molar-refractivity contribution in [1.82, 2.24) is 5.32 Å². The van der Waals surface area contributed by atoms with Gasteiger partial charge in [0.15, 0.2) is 0 Å². The zero-order valence-corrected chi connectivity index (χ0v) is 12.2. The summed E-state index contributed by atoms with van der Waals surface area (Å²) in [6.07, 6.45) is 7.88. The van der Waals surface area contributed by atoms with Crippen molar-refractivity contribution in [2.45, 2.75) is 64.5 Å². The van der Waals surface area contributed by atoms with Crippen LogP contribution in [0.3, 0.4) is 0 Å². The summed E-state index contributed by atoms with van der Waals surface area (Å²) >= 11 is 0. The number of phenols is 1. The van der Waals surface area contributed by atoms with Gasteiger partial charge in [-0.2, -0.15) is 0 Å². The summed E-state index contributed by atoms with van der Waals surface area (Å²) in [6.45, 7) is 4.59. The Hall–Kier alpha value is -1.02. The zero-order valence-electron chi connectivity index (χ0n) is 12.2. The van der Waals surface area contributed by atoms with Crippen molar-refractivity contribution in [3.8, 4) is 5.75 Å². The van der Waals surface area contributed by atoms with E-state index in [1.807, 2.05) is 12.1 Å². The van der Waals surface area contributed by atoms with Crippen LogP contribution >= 0.6 is 0 Å². The van der Waals surface area contributed by atoms with E-state index in [0.717, 1.165) is 18.8 Å². The van der Waals surface area contributed by atoms with Crippen LogP contribution in [0.1, 0.15) is 51.5 Å². The van der Waals surface area contributed by atoms with Gasteiger partial charge in [0.05, 0.1) is 0 Å². The van der Waals surface area contributed by atoms with Crippen molar-refractivity contribution in [2.75, 3.05) is 0 Å². The quantitative estimate of drug-likeness (QED) is 0.780. The Bertz CT molecular complexity index is 369. The molecule has 0 spiro atoms. The van der Waals surface area contributed by atoms with Gasteiger partial charge in [0.25, 0.3) is 0 Å². The summed E-state index contributed by atoms with van der Waals surface area (Å²) < 4.78 is 0. The average molecular weight is 261 g/mol. The summed E-state index contributed by atoms with van der Waals surface area (Å²) in [5, 5.41) is 13.0. The normalized spacial score (nSPS) is 18.8. The number of phenolic OH excluding ortho intramolecular Hbond substituents is 1. The molecule has 0 aromatic heterocycles. The largest absolute Gasteiger partial charge is 0.508 e. The van der Waals surface area contributed by atoms with Crippen molar-refractivity contribution in [1.29, 1.82) is 0 Å². The lowest BCUT2D eigenvalue weighted by atomic mass is 9.81. The molecule has 1 aromatic rings. The first kappa shape index (κ1) is 14.4. The minimum Gasteiger partial charge on any atom is -0.508 e. The van der Waals surface area contributed by atoms with Crippen LogP contribution in [0.2, 0.25) is 0 Å². The van der Waals surface area contributed by atoms with Crippen LogP contribution < -0.4 is 5.32 Å². The molecule has 1 aliphatic carbocycles. The van der Waals surface area contributed by atoms with Gasteiger partial charge in [0.1, 0.15) is 5.75 Å². The fraction of sp³-hybridized carbons (Fsp3) is 0.647. The molecule has 19 heavy (non-hydrogen) atoms. The third-order valence-electron chi connectivity index (χ3n) is 4.28. The van der Waals surface area contributed by atoms with Crippen LogP contribution in [-0.4, -0.2) is 17.2 Å². The molecule has 2 atom stereocenters. The number of hydrogen-bond donors (Lipinski definition) is 2. The highest BCUT2D eigenvalue weighted by atomic mass is 16.3. The number of rotatable bonds is 7. The third-order valence-corrected chi connectivity index (χ3v) is 4.28. The maximum Gasteiger partial charge on any atom is 0.115 e. The number of benzene rings is 1. The summed E-state index contributed by atoms with van der Waals surface area (Å²) in [5.74, 6) is 1.33. The molecule has 0 bridgehead atoms. The van der Waals surface area contributed by atoms with Gasteiger partial charge in [-0.3, -0.25) is 0 Å². The van der Waals surface area contributed by atoms with Crippen LogP contribution in [-0.2, 0) is 6.42 Å². The monoisotopic (exact) mass is 261 g/mol. The minimum absolute atomic E-state index is 0.351. The van der Waals surface area contributed by atoms with Gasteiger partial charge in [-0.1, -0.05) is 31.4 Å². The minimum atomic E-state index is 0.351. The molecule has 1 fully saturated rings. The van der Waals surface area contributed by atoms with E-state index in [1.54, 1.807) is 12.1 Å². The van der Waals surface area contributed by atoms with Crippen molar-refractivity contribution in [2.24, 2.45) is 5.92 Å². The highest BCUT2D eigenvalue weighted by Gasteiger charge is 2.20. The molecule has 0 aliphatic heterocycles. The van der Waals surface area contributed by atoms with E-state index < -0.39 is 0 Å². The van der Waals surface area contributed by atoms with Crippen LogP contribution in [0.4, 0.5) is 0 Å². The second kappa shape index (κ2) is 6.95. The Balaban J connectivity index is 1.65. The molecule has 1 aliphatic rings. The molecule has 2 heteroatoms. The van der Waals surface area contributed by atoms with Crippen molar-refractivity contribution in [3.63, 3.8) is 0 Å². The maximum atomic E-state index is 9.25. The lowest BCUT2D eigenvalue weighted by Crippen LogP contribution is -2.37. The summed E-state index contributed by atoms with van der Waals surface area (Å²) in [7, 11) is 0.